The Labute approximate surface area is 134 Å². The van der Waals surface area contributed by atoms with E-state index in [4.69, 9.17) is 0 Å². The molecule has 116 valence electrons. The number of nitrogens with zero attached hydrogens (tertiary/aromatic N) is 2. The highest BCUT2D eigenvalue weighted by Gasteiger charge is 2.10. The fourth-order valence-corrected chi connectivity index (χ4v) is 2.32. The minimum absolute atomic E-state index is 0.394. The van der Waals surface area contributed by atoms with E-state index in [1.807, 2.05) is 49.4 Å². The Morgan fingerprint density at radius 2 is 1.61 bits per heavy atom. The summed E-state index contributed by atoms with van der Waals surface area (Å²) in [6.45, 7) is 1.89. The quantitative estimate of drug-likeness (QED) is 0.645. The molecule has 23 heavy (non-hydrogen) atoms. The van der Waals surface area contributed by atoms with Crippen molar-refractivity contribution in [1.82, 2.24) is 9.97 Å². The molecule has 0 bridgehead atoms. The van der Waals surface area contributed by atoms with E-state index in [2.05, 4.69) is 15.3 Å². The molecule has 3 rings (SSSR count). The van der Waals surface area contributed by atoms with Crippen LogP contribution in [0.4, 0.5) is 11.5 Å². The van der Waals surface area contributed by atoms with Gasteiger partial charge in [0.15, 0.2) is 12.1 Å². The molecule has 0 aliphatic rings. The van der Waals surface area contributed by atoms with Gasteiger partial charge in [-0.3, -0.25) is 0 Å². The average molecular weight is 307 g/mol. The second-order valence-corrected chi connectivity index (χ2v) is 5.17. The minimum Gasteiger partial charge on any atom is -0.364 e. The van der Waals surface area contributed by atoms with Crippen LogP contribution < -0.4 is 5.32 Å². The molecule has 0 atom stereocenters. The first-order valence-corrected chi connectivity index (χ1v) is 7.26. The largest absolute Gasteiger partial charge is 0.364 e. The first-order chi connectivity index (χ1) is 11.1. The summed E-state index contributed by atoms with van der Waals surface area (Å²) in [5.41, 5.74) is 2.74. The molecule has 0 aliphatic heterocycles. The van der Waals surface area contributed by atoms with Gasteiger partial charge in [-0.05, 0) is 13.0 Å². The van der Waals surface area contributed by atoms with Gasteiger partial charge in [-0.2, -0.15) is 0 Å². The van der Waals surface area contributed by atoms with E-state index in [-0.39, 0.29) is 0 Å². The SMILES string of the molecule is Cc1cc(Nc2ccccc2C(O)O)nc(-c2ccccc2)n1. The lowest BCUT2D eigenvalue weighted by Crippen LogP contribution is -2.04. The summed E-state index contributed by atoms with van der Waals surface area (Å²) < 4.78 is 0. The van der Waals surface area contributed by atoms with Crippen molar-refractivity contribution >= 4 is 11.5 Å². The molecular weight excluding hydrogens is 290 g/mol. The van der Waals surface area contributed by atoms with E-state index < -0.39 is 6.29 Å². The lowest BCUT2D eigenvalue weighted by atomic mass is 10.1. The summed E-state index contributed by atoms with van der Waals surface area (Å²) in [5.74, 6) is 1.22. The second-order valence-electron chi connectivity index (χ2n) is 5.17. The molecule has 5 nitrogen and oxygen atoms in total. The van der Waals surface area contributed by atoms with Crippen molar-refractivity contribution in [3.05, 3.63) is 71.9 Å². The van der Waals surface area contributed by atoms with E-state index in [0.717, 1.165) is 11.3 Å². The third-order valence-electron chi connectivity index (χ3n) is 3.39. The Kier molecular flexibility index (Phi) is 4.32. The van der Waals surface area contributed by atoms with E-state index in [0.29, 0.717) is 22.9 Å². The van der Waals surface area contributed by atoms with Crippen molar-refractivity contribution in [3.8, 4) is 11.4 Å². The molecule has 0 radical (unpaired) electrons. The second kappa shape index (κ2) is 6.56. The number of hydrogen-bond acceptors (Lipinski definition) is 5. The Morgan fingerprint density at radius 1 is 0.913 bits per heavy atom. The third kappa shape index (κ3) is 3.53. The van der Waals surface area contributed by atoms with Crippen molar-refractivity contribution in [3.63, 3.8) is 0 Å². The number of hydrogen-bond donors (Lipinski definition) is 3. The number of aromatic nitrogens is 2. The normalized spacial score (nSPS) is 10.8. The zero-order valence-corrected chi connectivity index (χ0v) is 12.6. The van der Waals surface area contributed by atoms with Crippen LogP contribution in [-0.2, 0) is 0 Å². The molecule has 3 N–H and O–H groups in total. The van der Waals surface area contributed by atoms with Crippen molar-refractivity contribution in [2.75, 3.05) is 5.32 Å². The molecule has 1 heterocycles. The summed E-state index contributed by atoms with van der Waals surface area (Å²) in [5, 5.41) is 22.0. The summed E-state index contributed by atoms with van der Waals surface area (Å²) in [4.78, 5) is 8.97. The van der Waals surface area contributed by atoms with Gasteiger partial charge in [0, 0.05) is 28.6 Å². The molecule has 2 aromatic carbocycles. The standard InChI is InChI=1S/C18H17N3O2/c1-12-11-16(20-15-10-6-5-9-14(15)18(22)23)21-17(19-12)13-7-3-2-4-8-13/h2-11,18,22-23H,1H3,(H,19,20,21). The molecule has 0 saturated heterocycles. The van der Waals surface area contributed by atoms with Gasteiger partial charge in [0.2, 0.25) is 0 Å². The summed E-state index contributed by atoms with van der Waals surface area (Å²) >= 11 is 0. The zero-order valence-electron chi connectivity index (χ0n) is 12.6. The highest BCUT2D eigenvalue weighted by Crippen LogP contribution is 2.25. The number of aliphatic hydroxyl groups excluding tert-OH is 1. The van der Waals surface area contributed by atoms with Crippen molar-refractivity contribution < 1.29 is 10.2 Å². The molecule has 0 aliphatic carbocycles. The van der Waals surface area contributed by atoms with Crippen LogP contribution in [0.2, 0.25) is 0 Å². The molecule has 1 aromatic heterocycles. The van der Waals surface area contributed by atoms with E-state index in [1.54, 1.807) is 18.2 Å². The Hall–Kier alpha value is -2.76. The maximum Gasteiger partial charge on any atom is 0.180 e. The van der Waals surface area contributed by atoms with Crippen LogP contribution in [0.3, 0.4) is 0 Å². The molecule has 0 fully saturated rings. The van der Waals surface area contributed by atoms with Gasteiger partial charge in [-0.25, -0.2) is 9.97 Å². The van der Waals surface area contributed by atoms with Gasteiger partial charge in [-0.1, -0.05) is 48.5 Å². The van der Waals surface area contributed by atoms with Gasteiger partial charge in [-0.15, -0.1) is 0 Å². The number of benzene rings is 2. The molecular formula is C18H17N3O2. The molecule has 0 saturated carbocycles. The van der Waals surface area contributed by atoms with Crippen molar-refractivity contribution in [2.45, 2.75) is 13.2 Å². The lowest BCUT2D eigenvalue weighted by molar-refractivity contribution is -0.0418. The van der Waals surface area contributed by atoms with Gasteiger partial charge in [0.05, 0.1) is 0 Å². The first kappa shape index (κ1) is 15.1. The average Bonchev–Trinajstić information content (AvgIpc) is 2.55. The first-order valence-electron chi connectivity index (χ1n) is 7.26. The number of rotatable bonds is 4. The van der Waals surface area contributed by atoms with Crippen LogP contribution in [0.5, 0.6) is 0 Å². The third-order valence-corrected chi connectivity index (χ3v) is 3.39. The summed E-state index contributed by atoms with van der Waals surface area (Å²) in [6, 6.07) is 18.5. The predicted molar refractivity (Wildman–Crippen MR) is 89.1 cm³/mol. The highest BCUT2D eigenvalue weighted by atomic mass is 16.5. The van der Waals surface area contributed by atoms with Crippen LogP contribution >= 0.6 is 0 Å². The van der Waals surface area contributed by atoms with Crippen LogP contribution in [0, 0.1) is 6.92 Å². The van der Waals surface area contributed by atoms with Crippen LogP contribution in [0.15, 0.2) is 60.7 Å². The van der Waals surface area contributed by atoms with E-state index in [9.17, 15) is 10.2 Å². The fraction of sp³-hybridized carbons (Fsp3) is 0.111. The summed E-state index contributed by atoms with van der Waals surface area (Å²) in [7, 11) is 0. The predicted octanol–water partition coefficient (Wildman–Crippen LogP) is 3.18. The van der Waals surface area contributed by atoms with Gasteiger partial charge in [0.25, 0.3) is 0 Å². The Bertz CT molecular complexity index is 804. The van der Waals surface area contributed by atoms with E-state index in [1.165, 1.54) is 0 Å². The monoisotopic (exact) mass is 307 g/mol. The molecule has 0 amide bonds. The van der Waals surface area contributed by atoms with Crippen LogP contribution in [0.25, 0.3) is 11.4 Å². The number of aryl methyl sites for hydroxylation is 1. The number of anilines is 2. The minimum atomic E-state index is -1.55. The van der Waals surface area contributed by atoms with Gasteiger partial charge in [0.1, 0.15) is 5.82 Å². The van der Waals surface area contributed by atoms with Crippen molar-refractivity contribution in [2.24, 2.45) is 0 Å². The fourth-order valence-electron chi connectivity index (χ4n) is 2.32. The number of nitrogens with one attached hydrogen (secondary N) is 1. The maximum atomic E-state index is 9.45. The Balaban J connectivity index is 1.97. The molecule has 0 unspecified atom stereocenters. The van der Waals surface area contributed by atoms with Crippen LogP contribution in [-0.4, -0.2) is 20.2 Å². The summed E-state index contributed by atoms with van der Waals surface area (Å²) in [6.07, 6.45) is -1.55. The van der Waals surface area contributed by atoms with E-state index >= 15 is 0 Å². The highest BCUT2D eigenvalue weighted by molar-refractivity contribution is 5.64. The topological polar surface area (TPSA) is 78.3 Å². The lowest BCUT2D eigenvalue weighted by Gasteiger charge is -2.13. The molecule has 3 aromatic rings. The zero-order chi connectivity index (χ0) is 16.2. The molecule has 0 spiro atoms. The Morgan fingerprint density at radius 3 is 2.35 bits per heavy atom. The number of para-hydroxylation sites is 1. The molecule has 5 heteroatoms. The maximum absolute atomic E-state index is 9.45. The van der Waals surface area contributed by atoms with Gasteiger partial charge < -0.3 is 15.5 Å². The van der Waals surface area contributed by atoms with Crippen molar-refractivity contribution in [1.29, 1.82) is 0 Å². The number of aliphatic hydroxyl groups is 2. The van der Waals surface area contributed by atoms with Gasteiger partial charge >= 0.3 is 0 Å². The van der Waals surface area contributed by atoms with Crippen LogP contribution in [0.1, 0.15) is 17.5 Å². The smallest absolute Gasteiger partial charge is 0.180 e.